The van der Waals surface area contributed by atoms with Crippen molar-refractivity contribution in [2.45, 2.75) is 31.8 Å². The van der Waals surface area contributed by atoms with E-state index in [1.165, 1.54) is 20.3 Å². The standard InChI is InChI=1S/C36H34ClNO9/c1-19-16-26-29(34(40)36(19)35(41)30-25(44-4)18-27(45-5)31(37)33(30)47-36)24(32(46-26)21-8-12-23(43-3)13-9-21)17-28(39)38-15-14-20-6-10-22(42-2)11-7-20/h6-13,18-19H,14-17H2,1-5H3,(H,38,39)/t19-,36+/m1/s1. The third kappa shape index (κ3) is 5.36. The van der Waals surface area contributed by atoms with Crippen LogP contribution in [0.1, 0.15) is 44.5 Å². The summed E-state index contributed by atoms with van der Waals surface area (Å²) in [7, 11) is 6.01. The van der Waals surface area contributed by atoms with E-state index in [0.29, 0.717) is 41.4 Å². The summed E-state index contributed by atoms with van der Waals surface area (Å²) in [6.07, 6.45) is 0.620. The van der Waals surface area contributed by atoms with Gasteiger partial charge < -0.3 is 33.4 Å². The van der Waals surface area contributed by atoms with Crippen LogP contribution in [0.15, 0.2) is 59.0 Å². The number of fused-ring (bicyclic) bond motifs is 2. The lowest BCUT2D eigenvalue weighted by atomic mass is 9.70. The van der Waals surface area contributed by atoms with Crippen molar-refractivity contribution in [2.75, 3.05) is 35.0 Å². The Morgan fingerprint density at radius 3 is 2.13 bits per heavy atom. The summed E-state index contributed by atoms with van der Waals surface area (Å²) in [6, 6.07) is 16.2. The Morgan fingerprint density at radius 2 is 1.51 bits per heavy atom. The number of ketones is 2. The Morgan fingerprint density at radius 1 is 0.894 bits per heavy atom. The van der Waals surface area contributed by atoms with Crippen molar-refractivity contribution in [1.82, 2.24) is 5.32 Å². The summed E-state index contributed by atoms with van der Waals surface area (Å²) < 4.78 is 34.1. The lowest BCUT2D eigenvalue weighted by Crippen LogP contribution is -2.56. The van der Waals surface area contributed by atoms with E-state index in [-0.39, 0.29) is 52.1 Å². The van der Waals surface area contributed by atoms with Gasteiger partial charge in [-0.1, -0.05) is 30.7 Å². The quantitative estimate of drug-likeness (QED) is 0.207. The fraction of sp³-hybridized carbons (Fsp3) is 0.306. The summed E-state index contributed by atoms with van der Waals surface area (Å²) in [4.78, 5) is 42.4. The highest BCUT2D eigenvalue weighted by Gasteiger charge is 2.63. The van der Waals surface area contributed by atoms with Crippen LogP contribution in [0.5, 0.6) is 28.7 Å². The molecule has 4 aromatic rings. The summed E-state index contributed by atoms with van der Waals surface area (Å²) in [6.45, 7) is 2.12. The molecular formula is C36H34ClNO9. The molecule has 10 nitrogen and oxygen atoms in total. The molecule has 3 aromatic carbocycles. The van der Waals surface area contributed by atoms with Crippen LogP contribution in [0, 0.1) is 5.92 Å². The predicted molar refractivity (Wildman–Crippen MR) is 174 cm³/mol. The fourth-order valence-electron chi connectivity index (χ4n) is 6.34. The molecule has 47 heavy (non-hydrogen) atoms. The molecule has 6 rings (SSSR count). The highest BCUT2D eigenvalue weighted by atomic mass is 35.5. The SMILES string of the molecule is COc1ccc(CCNC(=O)Cc2c(-c3ccc(OC)cc3)oc3c2C(=O)[C@@]2(Oc4c(Cl)c(OC)cc(OC)c4C2=O)[C@H](C)C3)cc1. The number of methoxy groups -OCH3 is 4. The van der Waals surface area contributed by atoms with Crippen LogP contribution >= 0.6 is 11.6 Å². The van der Waals surface area contributed by atoms with Crippen molar-refractivity contribution in [3.8, 4) is 40.1 Å². The lowest BCUT2D eigenvalue weighted by molar-refractivity contribution is -0.120. The lowest BCUT2D eigenvalue weighted by Gasteiger charge is -2.35. The Hall–Kier alpha value is -4.96. The maximum atomic E-state index is 14.7. The van der Waals surface area contributed by atoms with Crippen molar-refractivity contribution in [2.24, 2.45) is 5.92 Å². The number of nitrogens with one attached hydrogen (secondary N) is 1. The third-order valence-electron chi connectivity index (χ3n) is 8.83. The molecule has 1 N–H and O–H groups in total. The van der Waals surface area contributed by atoms with Crippen LogP contribution in [-0.4, -0.2) is 58.1 Å². The summed E-state index contributed by atoms with van der Waals surface area (Å²) >= 11 is 6.61. The molecule has 0 radical (unpaired) electrons. The van der Waals surface area contributed by atoms with Crippen molar-refractivity contribution in [1.29, 1.82) is 0 Å². The van der Waals surface area contributed by atoms with Gasteiger partial charge in [0.25, 0.3) is 0 Å². The number of furan rings is 1. The molecule has 1 aromatic heterocycles. The molecule has 0 bridgehead atoms. The normalized spacial score (nSPS) is 18.0. The van der Waals surface area contributed by atoms with Gasteiger partial charge in [-0.2, -0.15) is 0 Å². The van der Waals surface area contributed by atoms with Gasteiger partial charge in [0.1, 0.15) is 45.1 Å². The van der Waals surface area contributed by atoms with Crippen molar-refractivity contribution in [3.63, 3.8) is 0 Å². The summed E-state index contributed by atoms with van der Waals surface area (Å²) in [5, 5.41) is 3.01. The molecule has 1 aliphatic heterocycles. The zero-order chi connectivity index (χ0) is 33.5. The second kappa shape index (κ2) is 12.7. The molecule has 2 aliphatic rings. The molecule has 11 heteroatoms. The molecule has 2 atom stereocenters. The number of halogens is 1. The van der Waals surface area contributed by atoms with Gasteiger partial charge in [-0.25, -0.2) is 0 Å². The number of benzene rings is 3. The van der Waals surface area contributed by atoms with Gasteiger partial charge in [-0.05, 0) is 48.4 Å². The van der Waals surface area contributed by atoms with Crippen LogP contribution in [0.3, 0.4) is 0 Å². The average molecular weight is 660 g/mol. The molecule has 1 spiro atoms. The second-order valence-electron chi connectivity index (χ2n) is 11.5. The van der Waals surface area contributed by atoms with Crippen LogP contribution < -0.4 is 29.0 Å². The first-order chi connectivity index (χ1) is 22.7. The number of carbonyl (C=O) groups is 3. The number of ether oxygens (including phenoxy) is 5. The molecule has 0 saturated heterocycles. The topological polar surface area (TPSA) is 123 Å². The van der Waals surface area contributed by atoms with Crippen LogP contribution in [0.4, 0.5) is 0 Å². The fourth-order valence-corrected chi connectivity index (χ4v) is 6.60. The second-order valence-corrected chi connectivity index (χ2v) is 11.8. The van der Waals surface area contributed by atoms with E-state index in [1.54, 1.807) is 45.4 Å². The smallest absolute Gasteiger partial charge is 0.237 e. The first kappa shape index (κ1) is 32.0. The maximum absolute atomic E-state index is 14.7. The van der Waals surface area contributed by atoms with Crippen molar-refractivity contribution in [3.05, 3.63) is 87.6 Å². The Balaban J connectivity index is 1.37. The minimum absolute atomic E-state index is 0.0215. The number of amides is 1. The van der Waals surface area contributed by atoms with E-state index in [4.69, 9.17) is 39.7 Å². The Labute approximate surface area is 276 Å². The molecule has 0 unspecified atom stereocenters. The highest BCUT2D eigenvalue weighted by Crippen LogP contribution is 2.54. The minimum Gasteiger partial charge on any atom is -0.497 e. The number of hydrogen-bond donors (Lipinski definition) is 1. The predicted octanol–water partition coefficient (Wildman–Crippen LogP) is 5.92. The van der Waals surface area contributed by atoms with E-state index < -0.39 is 23.1 Å². The van der Waals surface area contributed by atoms with Gasteiger partial charge in [-0.15, -0.1) is 0 Å². The molecule has 1 aliphatic carbocycles. The number of rotatable bonds is 10. The van der Waals surface area contributed by atoms with Crippen molar-refractivity contribution < 1.29 is 42.5 Å². The summed E-state index contributed by atoms with van der Waals surface area (Å²) in [5.74, 6) is 0.431. The van der Waals surface area contributed by atoms with Gasteiger partial charge in [0.05, 0.1) is 40.4 Å². The maximum Gasteiger partial charge on any atom is 0.237 e. The molecule has 1 amide bonds. The molecule has 2 heterocycles. The number of carbonyl (C=O) groups excluding carboxylic acids is 3. The molecule has 0 fully saturated rings. The highest BCUT2D eigenvalue weighted by molar-refractivity contribution is 6.36. The van der Waals surface area contributed by atoms with Gasteiger partial charge in [0.2, 0.25) is 23.1 Å². The van der Waals surface area contributed by atoms with Crippen LogP contribution in [0.2, 0.25) is 5.02 Å². The molecule has 0 saturated carbocycles. The minimum atomic E-state index is -1.95. The van der Waals surface area contributed by atoms with Crippen LogP contribution in [0.25, 0.3) is 11.3 Å². The number of Topliss-reactive ketones (excluding diaryl/α,β-unsaturated/α-hetero) is 2. The molecular weight excluding hydrogens is 626 g/mol. The first-order valence-electron chi connectivity index (χ1n) is 15.1. The van der Waals surface area contributed by atoms with E-state index in [2.05, 4.69) is 5.32 Å². The molecule has 244 valence electrons. The van der Waals surface area contributed by atoms with Crippen LogP contribution in [-0.2, 0) is 24.1 Å². The van der Waals surface area contributed by atoms with E-state index in [9.17, 15) is 14.4 Å². The van der Waals surface area contributed by atoms with E-state index in [0.717, 1.165) is 11.3 Å². The van der Waals surface area contributed by atoms with Gasteiger partial charge >= 0.3 is 0 Å². The third-order valence-corrected chi connectivity index (χ3v) is 9.19. The average Bonchev–Trinajstić information content (AvgIpc) is 3.60. The Kier molecular flexibility index (Phi) is 8.63. The van der Waals surface area contributed by atoms with Crippen molar-refractivity contribution >= 4 is 29.1 Å². The largest absolute Gasteiger partial charge is 0.497 e. The first-order valence-corrected chi connectivity index (χ1v) is 15.5. The van der Waals surface area contributed by atoms with E-state index >= 15 is 0 Å². The number of hydrogen-bond acceptors (Lipinski definition) is 9. The zero-order valence-corrected chi connectivity index (χ0v) is 27.4. The Bertz CT molecular complexity index is 1860. The van der Waals surface area contributed by atoms with Gasteiger partial charge in [0, 0.05) is 36.1 Å². The monoisotopic (exact) mass is 659 g/mol. The summed E-state index contributed by atoms with van der Waals surface area (Å²) in [5.41, 5.74) is 0.317. The van der Waals surface area contributed by atoms with Gasteiger partial charge in [-0.3, -0.25) is 14.4 Å². The zero-order valence-electron chi connectivity index (χ0n) is 26.7. The van der Waals surface area contributed by atoms with E-state index in [1.807, 2.05) is 24.3 Å². The van der Waals surface area contributed by atoms with Gasteiger partial charge in [0.15, 0.2) is 5.75 Å².